The highest BCUT2D eigenvalue weighted by atomic mass is 16.4. The predicted octanol–water partition coefficient (Wildman–Crippen LogP) is 1.60. The van der Waals surface area contributed by atoms with Crippen LogP contribution in [0.2, 0.25) is 0 Å². The number of aliphatic carboxylic acids is 1. The monoisotopic (exact) mass is 222 g/mol. The minimum Gasteiger partial charge on any atom is -0.481 e. The zero-order valence-electron chi connectivity index (χ0n) is 9.38. The van der Waals surface area contributed by atoms with Crippen LogP contribution in [0.3, 0.4) is 0 Å². The quantitative estimate of drug-likeness (QED) is 0.841. The van der Waals surface area contributed by atoms with E-state index < -0.39 is 5.97 Å². The average Bonchev–Trinajstić information content (AvgIpc) is 2.80. The molecule has 4 nitrogen and oxygen atoms in total. The van der Waals surface area contributed by atoms with Crippen LogP contribution in [0.5, 0.6) is 0 Å². The second-order valence-electron chi connectivity index (χ2n) is 4.37. The lowest BCUT2D eigenvalue weighted by Gasteiger charge is -2.33. The topological polar surface area (TPSA) is 45.5 Å². The largest absolute Gasteiger partial charge is 0.481 e. The van der Waals surface area contributed by atoms with Crippen LogP contribution in [0.25, 0.3) is 0 Å². The number of carboxylic acid groups (broad SMARTS) is 1. The van der Waals surface area contributed by atoms with Gasteiger partial charge in [0.2, 0.25) is 0 Å². The fraction of sp³-hybridized carbons (Fsp3) is 0.583. The zero-order valence-corrected chi connectivity index (χ0v) is 9.38. The highest BCUT2D eigenvalue weighted by Gasteiger charge is 2.20. The summed E-state index contributed by atoms with van der Waals surface area (Å²) in [6, 6.07) is 4.59. The molecule has 0 saturated carbocycles. The number of likely N-dealkylation sites (tertiary alicyclic amines) is 1. The van der Waals surface area contributed by atoms with Crippen molar-refractivity contribution in [1.82, 2.24) is 9.47 Å². The third kappa shape index (κ3) is 2.85. The number of hydrogen-bond donors (Lipinski definition) is 1. The first-order valence-corrected chi connectivity index (χ1v) is 5.82. The fourth-order valence-corrected chi connectivity index (χ4v) is 2.32. The van der Waals surface area contributed by atoms with E-state index in [1.54, 1.807) is 0 Å². The van der Waals surface area contributed by atoms with Gasteiger partial charge >= 0.3 is 5.97 Å². The van der Waals surface area contributed by atoms with Gasteiger partial charge in [-0.3, -0.25) is 4.79 Å². The van der Waals surface area contributed by atoms with Gasteiger partial charge in [-0.25, -0.2) is 0 Å². The highest BCUT2D eigenvalue weighted by molar-refractivity contribution is 5.66. The van der Waals surface area contributed by atoms with Gasteiger partial charge < -0.3 is 14.6 Å². The molecule has 1 atom stereocenters. The fourth-order valence-electron chi connectivity index (χ4n) is 2.32. The van der Waals surface area contributed by atoms with Gasteiger partial charge in [-0.1, -0.05) is 0 Å². The summed E-state index contributed by atoms with van der Waals surface area (Å²) in [5.41, 5.74) is 0. The third-order valence-corrected chi connectivity index (χ3v) is 3.17. The molecule has 4 heteroatoms. The van der Waals surface area contributed by atoms with E-state index in [0.717, 1.165) is 19.5 Å². The molecule has 1 aromatic heterocycles. The van der Waals surface area contributed by atoms with Crippen molar-refractivity contribution in [2.24, 2.45) is 0 Å². The maximum atomic E-state index is 10.5. The van der Waals surface area contributed by atoms with Crippen molar-refractivity contribution < 1.29 is 9.90 Å². The van der Waals surface area contributed by atoms with Gasteiger partial charge in [0, 0.05) is 31.5 Å². The van der Waals surface area contributed by atoms with Gasteiger partial charge in [0.05, 0.1) is 6.42 Å². The standard InChI is InChI=1S/C12H18N2O2/c15-12(16)5-9-13-6-3-4-11(10-13)14-7-1-2-8-14/h1-2,7-8,11H,3-6,9-10H2,(H,15,16). The molecule has 1 aliphatic heterocycles. The van der Waals surface area contributed by atoms with Crippen LogP contribution < -0.4 is 0 Å². The van der Waals surface area contributed by atoms with Crippen LogP contribution in [0, 0.1) is 0 Å². The molecule has 0 aliphatic carbocycles. The molecule has 1 saturated heterocycles. The molecule has 1 aromatic rings. The lowest BCUT2D eigenvalue weighted by molar-refractivity contribution is -0.137. The van der Waals surface area contributed by atoms with Crippen molar-refractivity contribution in [1.29, 1.82) is 0 Å². The third-order valence-electron chi connectivity index (χ3n) is 3.17. The van der Waals surface area contributed by atoms with E-state index in [1.165, 1.54) is 6.42 Å². The lowest BCUT2D eigenvalue weighted by Crippen LogP contribution is -2.37. The molecular formula is C12H18N2O2. The Kier molecular flexibility index (Phi) is 3.62. The van der Waals surface area contributed by atoms with E-state index >= 15 is 0 Å². The van der Waals surface area contributed by atoms with Crippen LogP contribution in [0.4, 0.5) is 0 Å². The van der Waals surface area contributed by atoms with Crippen molar-refractivity contribution in [2.45, 2.75) is 25.3 Å². The first kappa shape index (κ1) is 11.2. The van der Waals surface area contributed by atoms with Gasteiger partial charge in [-0.2, -0.15) is 0 Å². The first-order chi connectivity index (χ1) is 7.75. The number of hydrogen-bond acceptors (Lipinski definition) is 2. The number of carbonyl (C=O) groups is 1. The van der Waals surface area contributed by atoms with E-state index in [9.17, 15) is 4.79 Å². The van der Waals surface area contributed by atoms with Crippen LogP contribution in [0.15, 0.2) is 24.5 Å². The number of carboxylic acids is 1. The van der Waals surface area contributed by atoms with Crippen molar-refractivity contribution in [3.8, 4) is 0 Å². The molecule has 2 rings (SSSR count). The molecule has 0 amide bonds. The second-order valence-corrected chi connectivity index (χ2v) is 4.37. The molecule has 0 aromatic carbocycles. The summed E-state index contributed by atoms with van der Waals surface area (Å²) in [5.74, 6) is -0.705. The Balaban J connectivity index is 1.87. The summed E-state index contributed by atoms with van der Waals surface area (Å²) in [4.78, 5) is 12.8. The van der Waals surface area contributed by atoms with Gasteiger partial charge in [0.25, 0.3) is 0 Å². The molecule has 0 bridgehead atoms. The molecule has 1 N–H and O–H groups in total. The van der Waals surface area contributed by atoms with Gasteiger partial charge in [0.1, 0.15) is 0 Å². The highest BCUT2D eigenvalue weighted by Crippen LogP contribution is 2.21. The van der Waals surface area contributed by atoms with E-state index in [4.69, 9.17) is 5.11 Å². The molecule has 1 fully saturated rings. The first-order valence-electron chi connectivity index (χ1n) is 5.82. The lowest BCUT2D eigenvalue weighted by atomic mass is 10.1. The summed E-state index contributed by atoms with van der Waals surface area (Å²) in [7, 11) is 0. The molecule has 2 heterocycles. The SMILES string of the molecule is O=C(O)CCN1CCCC(n2cccc2)C1. The van der Waals surface area contributed by atoms with E-state index in [1.807, 2.05) is 12.1 Å². The smallest absolute Gasteiger partial charge is 0.304 e. The second kappa shape index (κ2) is 5.16. The van der Waals surface area contributed by atoms with Gasteiger partial charge in [-0.15, -0.1) is 0 Å². The maximum absolute atomic E-state index is 10.5. The summed E-state index contributed by atoms with van der Waals surface area (Å²) >= 11 is 0. The van der Waals surface area contributed by atoms with Crippen molar-refractivity contribution >= 4 is 5.97 Å². The van der Waals surface area contributed by atoms with Crippen molar-refractivity contribution in [3.05, 3.63) is 24.5 Å². The number of aromatic nitrogens is 1. The summed E-state index contributed by atoms with van der Waals surface area (Å²) in [5, 5.41) is 8.66. The Bertz CT molecular complexity index is 335. The summed E-state index contributed by atoms with van der Waals surface area (Å²) in [6.45, 7) is 2.68. The van der Waals surface area contributed by atoms with Crippen LogP contribution in [0.1, 0.15) is 25.3 Å². The Morgan fingerprint density at radius 3 is 2.81 bits per heavy atom. The Hall–Kier alpha value is -1.29. The van der Waals surface area contributed by atoms with E-state index in [-0.39, 0.29) is 6.42 Å². The molecule has 88 valence electrons. The van der Waals surface area contributed by atoms with Gasteiger partial charge in [0.15, 0.2) is 0 Å². The number of rotatable bonds is 4. The Morgan fingerprint density at radius 2 is 2.12 bits per heavy atom. The summed E-state index contributed by atoms with van der Waals surface area (Å²) < 4.78 is 2.23. The zero-order chi connectivity index (χ0) is 11.4. The van der Waals surface area contributed by atoms with E-state index in [2.05, 4.69) is 21.9 Å². The average molecular weight is 222 g/mol. The Morgan fingerprint density at radius 1 is 1.38 bits per heavy atom. The normalized spacial score (nSPS) is 22.1. The van der Waals surface area contributed by atoms with Crippen LogP contribution in [-0.4, -0.2) is 40.2 Å². The number of nitrogens with zero attached hydrogens (tertiary/aromatic N) is 2. The predicted molar refractivity (Wildman–Crippen MR) is 61.4 cm³/mol. The molecule has 0 radical (unpaired) electrons. The molecule has 0 spiro atoms. The summed E-state index contributed by atoms with van der Waals surface area (Å²) in [6.07, 6.45) is 6.77. The van der Waals surface area contributed by atoms with Crippen LogP contribution >= 0.6 is 0 Å². The molecular weight excluding hydrogens is 204 g/mol. The van der Waals surface area contributed by atoms with Crippen LogP contribution in [-0.2, 0) is 4.79 Å². The maximum Gasteiger partial charge on any atom is 0.304 e. The van der Waals surface area contributed by atoms with Gasteiger partial charge in [-0.05, 0) is 31.5 Å². The van der Waals surface area contributed by atoms with Crippen molar-refractivity contribution in [3.63, 3.8) is 0 Å². The minimum atomic E-state index is -0.705. The molecule has 16 heavy (non-hydrogen) atoms. The minimum absolute atomic E-state index is 0.248. The van der Waals surface area contributed by atoms with E-state index in [0.29, 0.717) is 12.6 Å². The molecule has 1 unspecified atom stereocenters. The molecule has 1 aliphatic rings. The Labute approximate surface area is 95.5 Å². The van der Waals surface area contributed by atoms with Crippen molar-refractivity contribution in [2.75, 3.05) is 19.6 Å². The number of piperidine rings is 1.